The zero-order valence-corrected chi connectivity index (χ0v) is 10.6. The van der Waals surface area contributed by atoms with Crippen molar-refractivity contribution in [2.75, 3.05) is 5.32 Å². The second kappa shape index (κ2) is 5.48. The van der Waals surface area contributed by atoms with Crippen LogP contribution in [0.5, 0.6) is 0 Å². The van der Waals surface area contributed by atoms with Crippen molar-refractivity contribution in [3.8, 4) is 0 Å². The zero-order chi connectivity index (χ0) is 14.7. The first-order chi connectivity index (χ1) is 9.47. The molecule has 2 aromatic rings. The van der Waals surface area contributed by atoms with E-state index in [-0.39, 0.29) is 16.9 Å². The Morgan fingerprint density at radius 1 is 1.25 bits per heavy atom. The largest absolute Gasteiger partial charge is 0.477 e. The third kappa shape index (κ3) is 2.97. The lowest BCUT2D eigenvalue weighted by molar-refractivity contribution is 0.0690. The molecule has 0 aliphatic heterocycles. The summed E-state index contributed by atoms with van der Waals surface area (Å²) in [5.41, 5.74) is 0.687. The van der Waals surface area contributed by atoms with Gasteiger partial charge in [-0.3, -0.25) is 4.79 Å². The van der Waals surface area contributed by atoms with Crippen LogP contribution in [0.25, 0.3) is 0 Å². The van der Waals surface area contributed by atoms with Gasteiger partial charge in [0.25, 0.3) is 5.91 Å². The molecule has 0 saturated carbocycles. The van der Waals surface area contributed by atoms with E-state index in [1.54, 1.807) is 13.0 Å². The summed E-state index contributed by atoms with van der Waals surface area (Å²) in [6, 6.07) is 6.81. The fourth-order valence-corrected chi connectivity index (χ4v) is 1.62. The molecule has 2 N–H and O–H groups in total. The number of aromatic carboxylic acids is 1. The monoisotopic (exact) mass is 274 g/mol. The Labute approximate surface area is 114 Å². The Bertz CT molecular complexity index is 686. The number of amides is 1. The zero-order valence-electron chi connectivity index (χ0n) is 10.6. The maximum Gasteiger partial charge on any atom is 0.354 e. The van der Waals surface area contributed by atoms with Gasteiger partial charge >= 0.3 is 5.97 Å². The number of carbonyl (C=O) groups is 2. The van der Waals surface area contributed by atoms with E-state index < -0.39 is 17.7 Å². The highest BCUT2D eigenvalue weighted by atomic mass is 19.1. The van der Waals surface area contributed by atoms with E-state index in [0.29, 0.717) is 0 Å². The van der Waals surface area contributed by atoms with Crippen LogP contribution in [0.1, 0.15) is 26.4 Å². The number of carboxylic acids is 1. The average Bonchev–Trinajstić information content (AvgIpc) is 2.43. The molecule has 5 nitrogen and oxygen atoms in total. The van der Waals surface area contributed by atoms with Gasteiger partial charge in [-0.2, -0.15) is 0 Å². The molecule has 0 saturated heterocycles. The minimum Gasteiger partial charge on any atom is -0.477 e. The van der Waals surface area contributed by atoms with Gasteiger partial charge < -0.3 is 10.4 Å². The van der Waals surface area contributed by atoms with Crippen molar-refractivity contribution in [3.63, 3.8) is 0 Å². The van der Waals surface area contributed by atoms with Crippen molar-refractivity contribution in [2.24, 2.45) is 0 Å². The number of hydrogen-bond donors (Lipinski definition) is 2. The lowest BCUT2D eigenvalue weighted by Gasteiger charge is -2.07. The molecular weight excluding hydrogens is 263 g/mol. The van der Waals surface area contributed by atoms with Gasteiger partial charge in [-0.25, -0.2) is 14.2 Å². The second-order valence-electron chi connectivity index (χ2n) is 4.17. The van der Waals surface area contributed by atoms with E-state index in [4.69, 9.17) is 5.11 Å². The number of hydrogen-bond acceptors (Lipinski definition) is 3. The van der Waals surface area contributed by atoms with Gasteiger partial charge in [0.05, 0.1) is 5.69 Å². The Kier molecular flexibility index (Phi) is 3.74. The molecule has 0 spiro atoms. The lowest BCUT2D eigenvalue weighted by Crippen LogP contribution is -2.14. The molecule has 102 valence electrons. The van der Waals surface area contributed by atoms with Crippen LogP contribution in [0, 0.1) is 12.7 Å². The number of nitrogens with one attached hydrogen (secondary N) is 1. The Hall–Kier alpha value is -2.76. The number of pyridine rings is 1. The van der Waals surface area contributed by atoms with E-state index in [2.05, 4.69) is 10.3 Å². The van der Waals surface area contributed by atoms with Gasteiger partial charge in [0.2, 0.25) is 0 Å². The van der Waals surface area contributed by atoms with Crippen LogP contribution in [0.3, 0.4) is 0 Å². The van der Waals surface area contributed by atoms with Crippen molar-refractivity contribution in [1.29, 1.82) is 0 Å². The SMILES string of the molecule is Cc1ccc(F)c(NC(=O)c2ccnc(C(=O)O)c2)c1. The molecule has 0 fully saturated rings. The fraction of sp³-hybridized carbons (Fsp3) is 0.0714. The Balaban J connectivity index is 2.26. The number of rotatable bonds is 3. The molecule has 1 aromatic carbocycles. The molecule has 20 heavy (non-hydrogen) atoms. The molecule has 6 heteroatoms. The summed E-state index contributed by atoms with van der Waals surface area (Å²) in [6.07, 6.45) is 1.21. The van der Waals surface area contributed by atoms with Gasteiger partial charge in [-0.1, -0.05) is 6.07 Å². The normalized spacial score (nSPS) is 10.1. The van der Waals surface area contributed by atoms with Gasteiger partial charge in [0.15, 0.2) is 0 Å². The van der Waals surface area contributed by atoms with Crippen LogP contribution in [0.4, 0.5) is 10.1 Å². The summed E-state index contributed by atoms with van der Waals surface area (Å²) < 4.78 is 13.5. The topological polar surface area (TPSA) is 79.3 Å². The highest BCUT2D eigenvalue weighted by Crippen LogP contribution is 2.16. The molecule has 0 aliphatic rings. The minimum absolute atomic E-state index is 0.0451. The van der Waals surface area contributed by atoms with Crippen LogP contribution < -0.4 is 5.32 Å². The smallest absolute Gasteiger partial charge is 0.354 e. The first-order valence-corrected chi connectivity index (χ1v) is 5.74. The van der Waals surface area contributed by atoms with E-state index in [9.17, 15) is 14.0 Å². The second-order valence-corrected chi connectivity index (χ2v) is 4.17. The number of carbonyl (C=O) groups excluding carboxylic acids is 1. The van der Waals surface area contributed by atoms with Crippen LogP contribution in [-0.2, 0) is 0 Å². The summed E-state index contributed by atoms with van der Waals surface area (Å²) in [4.78, 5) is 26.3. The van der Waals surface area contributed by atoms with Gasteiger partial charge in [0, 0.05) is 11.8 Å². The van der Waals surface area contributed by atoms with Gasteiger partial charge in [0.1, 0.15) is 11.5 Å². The quantitative estimate of drug-likeness (QED) is 0.901. The van der Waals surface area contributed by atoms with Crippen LogP contribution in [-0.4, -0.2) is 22.0 Å². The van der Waals surface area contributed by atoms with Crippen molar-refractivity contribution < 1.29 is 19.1 Å². The van der Waals surface area contributed by atoms with Gasteiger partial charge in [-0.15, -0.1) is 0 Å². The van der Waals surface area contributed by atoms with Crippen molar-refractivity contribution in [3.05, 3.63) is 59.2 Å². The summed E-state index contributed by atoms with van der Waals surface area (Å²) in [6.45, 7) is 1.77. The fourth-order valence-electron chi connectivity index (χ4n) is 1.62. The molecular formula is C14H11FN2O3. The maximum atomic E-state index is 13.5. The van der Waals surface area contributed by atoms with E-state index in [1.807, 2.05) is 0 Å². The molecule has 1 heterocycles. The molecule has 0 bridgehead atoms. The summed E-state index contributed by atoms with van der Waals surface area (Å²) in [5.74, 6) is -2.39. The summed E-state index contributed by atoms with van der Waals surface area (Å²) in [5, 5.41) is 11.2. The van der Waals surface area contributed by atoms with Crippen molar-refractivity contribution in [2.45, 2.75) is 6.92 Å². The van der Waals surface area contributed by atoms with Crippen molar-refractivity contribution >= 4 is 17.6 Å². The number of aryl methyl sites for hydroxylation is 1. The Morgan fingerprint density at radius 2 is 2.00 bits per heavy atom. The number of halogens is 1. The first-order valence-electron chi connectivity index (χ1n) is 5.74. The van der Waals surface area contributed by atoms with Crippen molar-refractivity contribution in [1.82, 2.24) is 4.98 Å². The Morgan fingerprint density at radius 3 is 2.70 bits per heavy atom. The number of carboxylic acid groups (broad SMARTS) is 1. The molecule has 0 radical (unpaired) electrons. The number of nitrogens with zero attached hydrogens (tertiary/aromatic N) is 1. The number of aromatic nitrogens is 1. The van der Waals surface area contributed by atoms with E-state index >= 15 is 0 Å². The third-order valence-corrected chi connectivity index (χ3v) is 2.61. The molecule has 0 atom stereocenters. The van der Waals surface area contributed by atoms with Crippen LogP contribution in [0.2, 0.25) is 0 Å². The molecule has 1 amide bonds. The molecule has 1 aromatic heterocycles. The lowest BCUT2D eigenvalue weighted by atomic mass is 10.2. The highest BCUT2D eigenvalue weighted by molar-refractivity contribution is 6.05. The molecule has 0 unspecified atom stereocenters. The summed E-state index contributed by atoms with van der Waals surface area (Å²) in [7, 11) is 0. The number of anilines is 1. The predicted molar refractivity (Wildman–Crippen MR) is 70.3 cm³/mol. The summed E-state index contributed by atoms with van der Waals surface area (Å²) >= 11 is 0. The standard InChI is InChI=1S/C14H11FN2O3/c1-8-2-3-10(15)11(6-8)17-13(18)9-4-5-16-12(7-9)14(19)20/h2-7H,1H3,(H,17,18)(H,19,20). The first kappa shape index (κ1) is 13.7. The maximum absolute atomic E-state index is 13.5. The predicted octanol–water partition coefficient (Wildman–Crippen LogP) is 2.48. The minimum atomic E-state index is -1.23. The average molecular weight is 274 g/mol. The molecule has 0 aliphatic carbocycles. The van der Waals surface area contributed by atoms with E-state index in [1.165, 1.54) is 24.4 Å². The van der Waals surface area contributed by atoms with Crippen LogP contribution in [0.15, 0.2) is 36.5 Å². The van der Waals surface area contributed by atoms with Crippen LogP contribution >= 0.6 is 0 Å². The van der Waals surface area contributed by atoms with Gasteiger partial charge in [-0.05, 0) is 36.8 Å². The molecule has 2 rings (SSSR count). The number of benzene rings is 1. The third-order valence-electron chi connectivity index (χ3n) is 2.61. The highest BCUT2D eigenvalue weighted by Gasteiger charge is 2.12. The van der Waals surface area contributed by atoms with E-state index in [0.717, 1.165) is 11.6 Å².